The van der Waals surface area contributed by atoms with Crippen LogP contribution in [0.4, 0.5) is 0 Å². The van der Waals surface area contributed by atoms with E-state index in [1.165, 1.54) is 19.3 Å². The molecule has 0 bridgehead atoms. The highest BCUT2D eigenvalue weighted by Crippen LogP contribution is 2.37. The third kappa shape index (κ3) is 17.7. The lowest BCUT2D eigenvalue weighted by Gasteiger charge is -2.16. The first-order chi connectivity index (χ1) is 20.4. The summed E-state index contributed by atoms with van der Waals surface area (Å²) in [5, 5.41) is 42.3. The Morgan fingerprint density at radius 2 is 0.791 bits per heavy atom. The van der Waals surface area contributed by atoms with Gasteiger partial charge in [-0.2, -0.15) is 0 Å². The third-order valence-corrected chi connectivity index (χ3v) is 8.91. The fraction of sp³-hybridized carbons (Fsp3) is 0.788. The van der Waals surface area contributed by atoms with Crippen LogP contribution in [0, 0.1) is 35.5 Å². The molecule has 0 heterocycles. The van der Waals surface area contributed by atoms with E-state index in [1.54, 1.807) is 0 Å². The number of rotatable bonds is 5. The van der Waals surface area contributed by atoms with E-state index in [0.29, 0.717) is 5.92 Å². The summed E-state index contributed by atoms with van der Waals surface area (Å²) in [6.45, 7) is 1.96. The molecule has 0 aromatic rings. The maximum absolute atomic E-state index is 10.5. The lowest BCUT2D eigenvalue weighted by molar-refractivity contribution is -0.143. The SMILES string of the molecule is CC1CC1C(=O)O.O=C(O)C1CC=CCC1.O=C(O)C1CCCC1.O=C(O)C1CCCCC1.O=C(O)C1CCCCCC1. The van der Waals surface area contributed by atoms with Crippen molar-refractivity contribution in [1.82, 2.24) is 0 Å². The van der Waals surface area contributed by atoms with Gasteiger partial charge in [-0.25, -0.2) is 0 Å². The number of carboxylic acids is 5. The van der Waals surface area contributed by atoms with Crippen LogP contribution < -0.4 is 0 Å². The monoisotopic (exact) mass is 610 g/mol. The van der Waals surface area contributed by atoms with Gasteiger partial charge >= 0.3 is 29.8 Å². The summed E-state index contributed by atoms with van der Waals surface area (Å²) < 4.78 is 0. The predicted molar refractivity (Wildman–Crippen MR) is 162 cm³/mol. The largest absolute Gasteiger partial charge is 0.481 e. The second-order valence-corrected chi connectivity index (χ2v) is 12.5. The molecule has 0 aromatic heterocycles. The van der Waals surface area contributed by atoms with Crippen molar-refractivity contribution in [3.05, 3.63) is 12.2 Å². The molecule has 5 rings (SSSR count). The Kier molecular flexibility index (Phi) is 19.3. The topological polar surface area (TPSA) is 186 Å². The standard InChI is InChI=1S/C8H14O2.C7H12O2.C7H10O2.C6H10O2.C5H8O2/c9-8(10)7-5-3-1-2-4-6-7;2*8-7(9)6-4-2-1-3-5-6;7-6(8)5-3-1-2-4-5;1-3-2-4(3)5(6)7/h7H,1-6H2,(H,9,10);6H,1-5H2,(H,8,9);1-2,6H,3-5H2,(H,8,9);5H,1-4H2,(H,7,8);3-4H,2H2,1H3,(H,6,7). The van der Waals surface area contributed by atoms with E-state index >= 15 is 0 Å². The molecule has 246 valence electrons. The predicted octanol–water partition coefficient (Wildman–Crippen LogP) is 7.11. The van der Waals surface area contributed by atoms with E-state index in [9.17, 15) is 24.0 Å². The second kappa shape index (κ2) is 21.7. The van der Waals surface area contributed by atoms with Crippen LogP contribution in [0.2, 0.25) is 0 Å². The summed E-state index contributed by atoms with van der Waals surface area (Å²) in [4.78, 5) is 51.4. The summed E-state index contributed by atoms with van der Waals surface area (Å²) in [5.74, 6) is -2.87. The number of hydrogen-bond acceptors (Lipinski definition) is 5. The van der Waals surface area contributed by atoms with Crippen LogP contribution in [0.3, 0.4) is 0 Å². The van der Waals surface area contributed by atoms with E-state index in [0.717, 1.165) is 103 Å². The van der Waals surface area contributed by atoms with Gasteiger partial charge in [-0.15, -0.1) is 0 Å². The van der Waals surface area contributed by atoms with Crippen molar-refractivity contribution in [2.45, 2.75) is 129 Å². The van der Waals surface area contributed by atoms with Gasteiger partial charge in [-0.05, 0) is 70.1 Å². The van der Waals surface area contributed by atoms with Gasteiger partial charge in [-0.1, -0.05) is 76.9 Å². The molecule has 0 aromatic carbocycles. The van der Waals surface area contributed by atoms with Crippen LogP contribution in [-0.2, 0) is 24.0 Å². The molecule has 4 saturated carbocycles. The maximum atomic E-state index is 10.5. The molecule has 3 unspecified atom stereocenters. The minimum atomic E-state index is -0.653. The minimum Gasteiger partial charge on any atom is -0.481 e. The van der Waals surface area contributed by atoms with Gasteiger partial charge in [0.25, 0.3) is 0 Å². The molecule has 10 nitrogen and oxygen atoms in total. The van der Waals surface area contributed by atoms with E-state index in [1.807, 2.05) is 19.1 Å². The Hall–Kier alpha value is -2.91. The highest BCUT2D eigenvalue weighted by molar-refractivity contribution is 5.73. The zero-order chi connectivity index (χ0) is 32.2. The van der Waals surface area contributed by atoms with Gasteiger partial charge in [0.1, 0.15) is 0 Å². The Morgan fingerprint density at radius 3 is 1.00 bits per heavy atom. The van der Waals surface area contributed by atoms with Gasteiger partial charge in [0, 0.05) is 0 Å². The van der Waals surface area contributed by atoms with Crippen molar-refractivity contribution < 1.29 is 49.5 Å². The molecule has 10 heteroatoms. The Bertz CT molecular complexity index is 878. The van der Waals surface area contributed by atoms with Crippen LogP contribution in [0.25, 0.3) is 0 Å². The molecule has 4 fully saturated rings. The fourth-order valence-electron chi connectivity index (χ4n) is 5.73. The Balaban J connectivity index is 0.000000270. The van der Waals surface area contributed by atoms with Gasteiger partial charge in [-0.3, -0.25) is 24.0 Å². The highest BCUT2D eigenvalue weighted by atomic mass is 16.4. The van der Waals surface area contributed by atoms with Gasteiger partial charge in [0.2, 0.25) is 0 Å². The average molecular weight is 611 g/mol. The first kappa shape index (κ1) is 38.1. The van der Waals surface area contributed by atoms with Crippen LogP contribution in [-0.4, -0.2) is 55.4 Å². The summed E-state index contributed by atoms with van der Waals surface area (Å²) >= 11 is 0. The lowest BCUT2D eigenvalue weighted by atomic mass is 9.90. The molecule has 5 aliphatic carbocycles. The molecular formula is C33H54O10. The normalized spacial score (nSPS) is 25.3. The third-order valence-electron chi connectivity index (χ3n) is 8.91. The summed E-state index contributed by atoms with van der Waals surface area (Å²) in [6.07, 6.45) is 23.0. The van der Waals surface area contributed by atoms with Crippen molar-refractivity contribution in [3.8, 4) is 0 Å². The van der Waals surface area contributed by atoms with Gasteiger partial charge < -0.3 is 25.5 Å². The van der Waals surface area contributed by atoms with E-state index < -0.39 is 29.8 Å². The number of aliphatic carboxylic acids is 5. The minimum absolute atomic E-state index is 0.0139. The Morgan fingerprint density at radius 1 is 0.465 bits per heavy atom. The molecule has 3 atom stereocenters. The van der Waals surface area contributed by atoms with E-state index in [4.69, 9.17) is 25.5 Å². The van der Waals surface area contributed by atoms with Gasteiger partial charge in [0.15, 0.2) is 0 Å². The fourth-order valence-corrected chi connectivity index (χ4v) is 5.73. The molecule has 0 radical (unpaired) electrons. The summed E-state index contributed by atoms with van der Waals surface area (Å²) in [5.41, 5.74) is 0. The zero-order valence-electron chi connectivity index (χ0n) is 25.8. The van der Waals surface area contributed by atoms with Crippen molar-refractivity contribution in [2.75, 3.05) is 0 Å². The first-order valence-corrected chi connectivity index (χ1v) is 16.2. The number of allylic oxidation sites excluding steroid dienone is 2. The van der Waals surface area contributed by atoms with Gasteiger partial charge in [0.05, 0.1) is 29.6 Å². The van der Waals surface area contributed by atoms with Crippen molar-refractivity contribution >= 4 is 29.8 Å². The molecular weight excluding hydrogens is 556 g/mol. The van der Waals surface area contributed by atoms with E-state index in [-0.39, 0.29) is 29.6 Å². The molecule has 0 amide bonds. The van der Waals surface area contributed by atoms with Crippen molar-refractivity contribution in [1.29, 1.82) is 0 Å². The molecule has 0 saturated heterocycles. The van der Waals surface area contributed by atoms with E-state index in [2.05, 4.69) is 0 Å². The second-order valence-electron chi connectivity index (χ2n) is 12.5. The molecule has 43 heavy (non-hydrogen) atoms. The molecule has 5 aliphatic rings. The van der Waals surface area contributed by atoms with Crippen LogP contribution in [0.5, 0.6) is 0 Å². The molecule has 0 spiro atoms. The lowest BCUT2D eigenvalue weighted by Crippen LogP contribution is -2.16. The quantitative estimate of drug-likeness (QED) is 0.159. The van der Waals surface area contributed by atoms with Crippen LogP contribution >= 0.6 is 0 Å². The van der Waals surface area contributed by atoms with Crippen LogP contribution in [0.1, 0.15) is 129 Å². The summed E-state index contributed by atoms with van der Waals surface area (Å²) in [7, 11) is 0. The zero-order valence-corrected chi connectivity index (χ0v) is 25.8. The smallest absolute Gasteiger partial charge is 0.306 e. The van der Waals surface area contributed by atoms with Crippen molar-refractivity contribution in [2.24, 2.45) is 35.5 Å². The average Bonchev–Trinajstić information content (AvgIpc) is 3.60. The Labute approximate surface area is 256 Å². The molecule has 0 aliphatic heterocycles. The van der Waals surface area contributed by atoms with Crippen molar-refractivity contribution in [3.63, 3.8) is 0 Å². The number of carbonyl (C=O) groups is 5. The van der Waals surface area contributed by atoms with Crippen LogP contribution in [0.15, 0.2) is 12.2 Å². The first-order valence-electron chi connectivity index (χ1n) is 16.2. The summed E-state index contributed by atoms with van der Waals surface area (Å²) in [6, 6.07) is 0. The molecule has 5 N–H and O–H groups in total. The highest BCUT2D eigenvalue weighted by Gasteiger charge is 2.38. The maximum Gasteiger partial charge on any atom is 0.306 e. The number of hydrogen-bond donors (Lipinski definition) is 5. The number of carboxylic acid groups (broad SMARTS) is 5.